The molecule has 2 aliphatic rings. The molecule has 0 atom stereocenters. The van der Waals surface area contributed by atoms with Crippen molar-refractivity contribution in [3.8, 4) is 11.1 Å². The quantitative estimate of drug-likeness (QED) is 0.376. The second-order valence-electron chi connectivity index (χ2n) is 9.27. The normalized spacial score (nSPS) is 15.6. The third kappa shape index (κ3) is 4.21. The SMILES string of the molecule is CCOC(=O)c1cc2cccnc2c(N2CCCc3cc(-c4cnn(C5CNC5)c4)c(C(F)F)cc32)n1. The topological polar surface area (TPSA) is 85.2 Å². The van der Waals surface area contributed by atoms with Crippen LogP contribution in [-0.2, 0) is 11.2 Å². The van der Waals surface area contributed by atoms with Crippen LogP contribution in [0.3, 0.4) is 0 Å². The first-order valence-electron chi connectivity index (χ1n) is 12.4. The minimum Gasteiger partial charge on any atom is -0.461 e. The van der Waals surface area contributed by atoms with E-state index in [1.807, 2.05) is 27.9 Å². The maximum atomic E-state index is 14.4. The molecule has 37 heavy (non-hydrogen) atoms. The highest BCUT2D eigenvalue weighted by Gasteiger charge is 2.28. The largest absolute Gasteiger partial charge is 0.461 e. The Kier molecular flexibility index (Phi) is 6.03. The molecule has 0 saturated carbocycles. The zero-order valence-electron chi connectivity index (χ0n) is 20.3. The van der Waals surface area contributed by atoms with Crippen molar-refractivity contribution in [2.24, 2.45) is 0 Å². The van der Waals surface area contributed by atoms with Crippen LogP contribution in [0.4, 0.5) is 20.3 Å². The van der Waals surface area contributed by atoms with Crippen molar-refractivity contribution >= 4 is 28.4 Å². The number of fused-ring (bicyclic) bond motifs is 2. The molecule has 3 aromatic heterocycles. The van der Waals surface area contributed by atoms with Gasteiger partial charge < -0.3 is 15.0 Å². The standard InChI is InChI=1S/C27H26F2N6O2/c1-2-37-27(36)22-10-17-5-3-7-31-24(17)26(33-22)34-8-4-6-16-9-20(21(25(28)29)11-23(16)34)18-12-32-35(15-18)19-13-30-14-19/h3,5,7,9-12,15,19,25,30H,2,4,6,8,13-14H2,1H3. The monoisotopic (exact) mass is 504 g/mol. The summed E-state index contributed by atoms with van der Waals surface area (Å²) in [6.07, 6.45) is 4.03. The fraction of sp³-hybridized carbons (Fsp3) is 0.333. The van der Waals surface area contributed by atoms with E-state index >= 15 is 0 Å². The van der Waals surface area contributed by atoms with Gasteiger partial charge in [0.25, 0.3) is 6.43 Å². The van der Waals surface area contributed by atoms with Crippen LogP contribution in [0.2, 0.25) is 0 Å². The van der Waals surface area contributed by atoms with E-state index < -0.39 is 12.4 Å². The first-order valence-corrected chi connectivity index (χ1v) is 12.4. The average molecular weight is 505 g/mol. The van der Waals surface area contributed by atoms with E-state index in [2.05, 4.69) is 20.4 Å². The Hall–Kier alpha value is -3.92. The van der Waals surface area contributed by atoms with Crippen LogP contribution in [0, 0.1) is 0 Å². The summed E-state index contributed by atoms with van der Waals surface area (Å²) < 4.78 is 35.9. The summed E-state index contributed by atoms with van der Waals surface area (Å²) in [6.45, 7) is 4.16. The summed E-state index contributed by atoms with van der Waals surface area (Å²) in [6, 6.07) is 8.95. The van der Waals surface area contributed by atoms with Gasteiger partial charge in [-0.1, -0.05) is 6.07 Å². The summed E-state index contributed by atoms with van der Waals surface area (Å²) in [7, 11) is 0. The summed E-state index contributed by atoms with van der Waals surface area (Å²) in [5.41, 5.74) is 3.46. The number of anilines is 2. The molecule has 1 fully saturated rings. The Morgan fingerprint density at radius 2 is 2.14 bits per heavy atom. The highest BCUT2D eigenvalue weighted by molar-refractivity contribution is 5.98. The van der Waals surface area contributed by atoms with E-state index in [4.69, 9.17) is 4.74 Å². The van der Waals surface area contributed by atoms with Crippen molar-refractivity contribution in [1.29, 1.82) is 0 Å². The lowest BCUT2D eigenvalue weighted by Crippen LogP contribution is -2.43. The number of carbonyl (C=O) groups is 1. The molecule has 8 nitrogen and oxygen atoms in total. The second kappa shape index (κ2) is 9.51. The summed E-state index contributed by atoms with van der Waals surface area (Å²) in [5, 5.41) is 8.36. The number of nitrogens with one attached hydrogen (secondary N) is 1. The highest BCUT2D eigenvalue weighted by Crippen LogP contribution is 2.42. The molecule has 2 aliphatic heterocycles. The second-order valence-corrected chi connectivity index (χ2v) is 9.27. The van der Waals surface area contributed by atoms with E-state index in [0.717, 1.165) is 36.9 Å². The van der Waals surface area contributed by atoms with Crippen molar-refractivity contribution in [3.05, 3.63) is 65.7 Å². The Morgan fingerprint density at radius 1 is 1.27 bits per heavy atom. The van der Waals surface area contributed by atoms with Gasteiger partial charge in [-0.05, 0) is 55.2 Å². The third-order valence-electron chi connectivity index (χ3n) is 6.96. The first kappa shape index (κ1) is 23.5. The predicted octanol–water partition coefficient (Wildman–Crippen LogP) is 4.84. The third-order valence-corrected chi connectivity index (χ3v) is 6.96. The van der Waals surface area contributed by atoms with Gasteiger partial charge in [0.1, 0.15) is 5.52 Å². The van der Waals surface area contributed by atoms with Crippen molar-refractivity contribution in [2.75, 3.05) is 31.1 Å². The van der Waals surface area contributed by atoms with Crippen LogP contribution >= 0.6 is 0 Å². The van der Waals surface area contributed by atoms with Gasteiger partial charge in [0, 0.05) is 54.2 Å². The number of alkyl halides is 2. The summed E-state index contributed by atoms with van der Waals surface area (Å²) in [4.78, 5) is 23.6. The van der Waals surface area contributed by atoms with E-state index in [-0.39, 0.29) is 23.9 Å². The van der Waals surface area contributed by atoms with E-state index in [9.17, 15) is 13.6 Å². The van der Waals surface area contributed by atoms with Gasteiger partial charge in [-0.3, -0.25) is 9.67 Å². The van der Waals surface area contributed by atoms with Crippen LogP contribution in [0.5, 0.6) is 0 Å². The van der Waals surface area contributed by atoms with Gasteiger partial charge in [0.05, 0.1) is 18.8 Å². The van der Waals surface area contributed by atoms with Crippen molar-refractivity contribution in [1.82, 2.24) is 25.1 Å². The molecular formula is C27H26F2N6O2. The minimum absolute atomic E-state index is 0.0595. The average Bonchev–Trinajstić information content (AvgIpc) is 3.35. The maximum Gasteiger partial charge on any atom is 0.357 e. The number of ether oxygens (including phenoxy) is 1. The van der Waals surface area contributed by atoms with Crippen LogP contribution in [0.1, 0.15) is 47.4 Å². The number of hydrogen-bond donors (Lipinski definition) is 1. The van der Waals surface area contributed by atoms with Gasteiger partial charge in [-0.15, -0.1) is 0 Å². The molecule has 0 unspecified atom stereocenters. The molecule has 0 bridgehead atoms. The molecule has 1 aromatic carbocycles. The van der Waals surface area contributed by atoms with E-state index in [1.54, 1.807) is 37.5 Å². The zero-order chi connectivity index (χ0) is 25.5. The van der Waals surface area contributed by atoms with Crippen molar-refractivity contribution in [3.63, 3.8) is 0 Å². The number of hydrogen-bond acceptors (Lipinski definition) is 7. The number of aryl methyl sites for hydroxylation is 1. The van der Waals surface area contributed by atoms with Crippen LogP contribution in [0.25, 0.3) is 22.0 Å². The Balaban J connectivity index is 1.47. The lowest BCUT2D eigenvalue weighted by atomic mass is 9.93. The number of esters is 1. The smallest absolute Gasteiger partial charge is 0.357 e. The molecule has 10 heteroatoms. The van der Waals surface area contributed by atoms with Gasteiger partial charge in [-0.2, -0.15) is 5.10 Å². The Morgan fingerprint density at radius 3 is 2.89 bits per heavy atom. The van der Waals surface area contributed by atoms with Gasteiger partial charge >= 0.3 is 5.97 Å². The molecular weight excluding hydrogens is 478 g/mol. The lowest BCUT2D eigenvalue weighted by Gasteiger charge is -2.32. The molecule has 4 aromatic rings. The maximum absolute atomic E-state index is 14.4. The van der Waals surface area contributed by atoms with Gasteiger partial charge in [-0.25, -0.2) is 18.6 Å². The predicted molar refractivity (Wildman–Crippen MR) is 135 cm³/mol. The molecule has 0 radical (unpaired) electrons. The summed E-state index contributed by atoms with van der Waals surface area (Å²) in [5.74, 6) is -0.0746. The van der Waals surface area contributed by atoms with Crippen molar-refractivity contribution < 1.29 is 18.3 Å². The van der Waals surface area contributed by atoms with Crippen LogP contribution in [0.15, 0.2) is 48.9 Å². The Bertz CT molecular complexity index is 1480. The van der Waals surface area contributed by atoms with Crippen molar-refractivity contribution in [2.45, 2.75) is 32.2 Å². The number of carbonyl (C=O) groups excluding carboxylic acids is 1. The number of aromatic nitrogens is 4. The van der Waals surface area contributed by atoms with Crippen LogP contribution in [-0.4, -0.2) is 52.0 Å². The molecule has 0 spiro atoms. The molecule has 190 valence electrons. The number of pyridine rings is 2. The fourth-order valence-electron chi connectivity index (χ4n) is 5.00. The minimum atomic E-state index is -2.67. The summed E-state index contributed by atoms with van der Waals surface area (Å²) >= 11 is 0. The van der Waals surface area contributed by atoms with Gasteiger partial charge in [0.2, 0.25) is 0 Å². The molecule has 6 rings (SSSR count). The molecule has 0 aliphatic carbocycles. The lowest BCUT2D eigenvalue weighted by molar-refractivity contribution is 0.0520. The molecule has 0 amide bonds. The number of rotatable bonds is 6. The van der Waals surface area contributed by atoms with Gasteiger partial charge in [0.15, 0.2) is 11.5 Å². The molecule has 5 heterocycles. The zero-order valence-corrected chi connectivity index (χ0v) is 20.3. The van der Waals surface area contributed by atoms with E-state index in [0.29, 0.717) is 34.7 Å². The first-order chi connectivity index (χ1) is 18.0. The molecule has 1 N–H and O–H groups in total. The van der Waals surface area contributed by atoms with Crippen LogP contribution < -0.4 is 10.2 Å². The Labute approximate surface area is 212 Å². The number of halogens is 2. The fourth-order valence-corrected chi connectivity index (χ4v) is 5.00. The van der Waals surface area contributed by atoms with E-state index in [1.165, 1.54) is 0 Å². The molecule has 1 saturated heterocycles. The number of nitrogens with zero attached hydrogens (tertiary/aromatic N) is 5. The highest BCUT2D eigenvalue weighted by atomic mass is 19.3. The number of benzene rings is 1.